The van der Waals surface area contributed by atoms with Gasteiger partial charge in [-0.05, 0) is 69.1 Å². The van der Waals surface area contributed by atoms with E-state index in [1.165, 1.54) is 6.07 Å². The van der Waals surface area contributed by atoms with Gasteiger partial charge in [-0.15, -0.1) is 0 Å². The van der Waals surface area contributed by atoms with Crippen molar-refractivity contribution in [3.8, 4) is 16.9 Å². The number of halogens is 2. The number of fused-ring (bicyclic) bond motifs is 1. The van der Waals surface area contributed by atoms with Crippen LogP contribution in [0.4, 0.5) is 10.2 Å². The van der Waals surface area contributed by atoms with Crippen LogP contribution in [0.15, 0.2) is 48.9 Å². The van der Waals surface area contributed by atoms with Gasteiger partial charge in [0.2, 0.25) is 0 Å². The number of rotatable bonds is 5. The van der Waals surface area contributed by atoms with Crippen LogP contribution < -0.4 is 15.0 Å². The van der Waals surface area contributed by atoms with Crippen LogP contribution >= 0.6 is 11.6 Å². The van der Waals surface area contributed by atoms with E-state index in [-0.39, 0.29) is 11.9 Å². The van der Waals surface area contributed by atoms with Crippen LogP contribution in [0, 0.1) is 5.82 Å². The molecule has 5 heterocycles. The fourth-order valence-electron chi connectivity index (χ4n) is 5.54. The van der Waals surface area contributed by atoms with E-state index < -0.39 is 0 Å². The Morgan fingerprint density at radius 2 is 1.97 bits per heavy atom. The predicted molar refractivity (Wildman–Crippen MR) is 139 cm³/mol. The second-order valence-electron chi connectivity index (χ2n) is 9.45. The van der Waals surface area contributed by atoms with E-state index in [1.54, 1.807) is 25.4 Å². The van der Waals surface area contributed by atoms with Crippen molar-refractivity contribution in [2.45, 2.75) is 37.8 Å². The van der Waals surface area contributed by atoms with Crippen molar-refractivity contribution >= 4 is 28.5 Å². The molecular formula is C27H28ClFN6O. The number of aromatic nitrogens is 4. The fourth-order valence-corrected chi connectivity index (χ4v) is 5.78. The van der Waals surface area contributed by atoms with Gasteiger partial charge in [-0.1, -0.05) is 11.6 Å². The van der Waals surface area contributed by atoms with Crippen molar-refractivity contribution in [2.24, 2.45) is 0 Å². The second-order valence-corrected chi connectivity index (χ2v) is 9.85. The lowest BCUT2D eigenvalue weighted by molar-refractivity contribution is 0.343. The summed E-state index contributed by atoms with van der Waals surface area (Å²) in [7, 11) is 1.62. The summed E-state index contributed by atoms with van der Waals surface area (Å²) in [5.74, 6) is 1.23. The van der Waals surface area contributed by atoms with Crippen LogP contribution in [-0.2, 0) is 0 Å². The first-order valence-corrected chi connectivity index (χ1v) is 12.8. The quantitative estimate of drug-likeness (QED) is 0.382. The highest BCUT2D eigenvalue weighted by atomic mass is 35.5. The number of hydrogen-bond donors (Lipinski definition) is 1. The summed E-state index contributed by atoms with van der Waals surface area (Å²) in [5, 5.41) is 8.61. The predicted octanol–water partition coefficient (Wildman–Crippen LogP) is 5.56. The third kappa shape index (κ3) is 4.18. The third-order valence-corrected chi connectivity index (χ3v) is 7.61. The van der Waals surface area contributed by atoms with Gasteiger partial charge < -0.3 is 15.0 Å². The van der Waals surface area contributed by atoms with Crippen LogP contribution in [0.25, 0.3) is 22.2 Å². The maximum absolute atomic E-state index is 14.2. The molecule has 0 radical (unpaired) electrons. The van der Waals surface area contributed by atoms with Gasteiger partial charge >= 0.3 is 0 Å². The zero-order valence-corrected chi connectivity index (χ0v) is 20.9. The SMILES string of the molecule is COc1ccc(F)cc1[C@H]1CCCN1c1ccc2ncc(Cl)c(-c3cnn(C4CCNCC4)c3)c2n1. The monoisotopic (exact) mass is 506 g/mol. The lowest BCUT2D eigenvalue weighted by Gasteiger charge is -2.27. The summed E-state index contributed by atoms with van der Waals surface area (Å²) in [6.07, 6.45) is 9.59. The Labute approximate surface area is 214 Å². The summed E-state index contributed by atoms with van der Waals surface area (Å²) in [6, 6.07) is 9.00. The van der Waals surface area contributed by atoms with E-state index in [9.17, 15) is 4.39 Å². The molecule has 1 N–H and O–H groups in total. The second kappa shape index (κ2) is 9.67. The number of benzene rings is 1. The summed E-state index contributed by atoms with van der Waals surface area (Å²) in [5.41, 5.74) is 4.11. The van der Waals surface area contributed by atoms with Crippen molar-refractivity contribution in [1.82, 2.24) is 25.1 Å². The van der Waals surface area contributed by atoms with E-state index >= 15 is 0 Å². The largest absolute Gasteiger partial charge is 0.496 e. The van der Waals surface area contributed by atoms with E-state index in [2.05, 4.69) is 31.2 Å². The summed E-state index contributed by atoms with van der Waals surface area (Å²) in [6.45, 7) is 2.81. The van der Waals surface area contributed by atoms with Gasteiger partial charge in [-0.25, -0.2) is 9.37 Å². The molecule has 6 rings (SSSR count). The highest BCUT2D eigenvalue weighted by Crippen LogP contribution is 2.41. The van der Waals surface area contributed by atoms with Gasteiger partial charge in [0, 0.05) is 35.6 Å². The molecule has 3 aromatic heterocycles. The molecular weight excluding hydrogens is 479 g/mol. The van der Waals surface area contributed by atoms with E-state index in [0.717, 1.165) is 78.9 Å². The fraction of sp³-hybridized carbons (Fsp3) is 0.370. The summed E-state index contributed by atoms with van der Waals surface area (Å²) < 4.78 is 21.8. The van der Waals surface area contributed by atoms with Crippen LogP contribution in [0.5, 0.6) is 5.75 Å². The third-order valence-electron chi connectivity index (χ3n) is 7.32. The molecule has 2 saturated heterocycles. The number of anilines is 1. The lowest BCUT2D eigenvalue weighted by atomic mass is 10.0. The van der Waals surface area contributed by atoms with Gasteiger partial charge in [-0.3, -0.25) is 9.67 Å². The van der Waals surface area contributed by atoms with Gasteiger partial charge in [0.1, 0.15) is 22.9 Å². The number of methoxy groups -OCH3 is 1. The molecule has 2 aliphatic heterocycles. The van der Waals surface area contributed by atoms with Gasteiger partial charge in [-0.2, -0.15) is 5.10 Å². The number of nitrogens with zero attached hydrogens (tertiary/aromatic N) is 5. The molecule has 0 amide bonds. The molecule has 1 atom stereocenters. The van der Waals surface area contributed by atoms with E-state index in [1.807, 2.05) is 18.3 Å². The van der Waals surface area contributed by atoms with Crippen molar-refractivity contribution < 1.29 is 9.13 Å². The van der Waals surface area contributed by atoms with Gasteiger partial charge in [0.15, 0.2) is 0 Å². The topological polar surface area (TPSA) is 68.1 Å². The zero-order chi connectivity index (χ0) is 24.6. The van der Waals surface area contributed by atoms with Crippen LogP contribution in [0.1, 0.15) is 43.3 Å². The van der Waals surface area contributed by atoms with E-state index in [4.69, 9.17) is 21.3 Å². The Morgan fingerprint density at radius 1 is 1.11 bits per heavy atom. The number of piperidine rings is 1. The highest BCUT2D eigenvalue weighted by Gasteiger charge is 2.30. The maximum atomic E-state index is 14.2. The van der Waals surface area contributed by atoms with Crippen molar-refractivity contribution in [3.63, 3.8) is 0 Å². The number of nitrogens with one attached hydrogen (secondary N) is 1. The first-order valence-electron chi connectivity index (χ1n) is 12.4. The molecule has 36 heavy (non-hydrogen) atoms. The molecule has 0 bridgehead atoms. The molecule has 4 aromatic rings. The molecule has 1 aromatic carbocycles. The normalized spacial score (nSPS) is 18.8. The molecule has 2 aliphatic rings. The standard InChI is InChI=1S/C27H28ClFN6O/c1-36-24-6-4-18(29)13-20(24)23-3-2-12-34(23)25-7-5-22-27(33-25)26(21(28)15-31-22)17-14-32-35(16-17)19-8-10-30-11-9-19/h4-7,13-16,19,23,30H,2-3,8-12H2,1H3/t23-/m1/s1. The van der Waals surface area contributed by atoms with Gasteiger partial charge in [0.25, 0.3) is 0 Å². The summed E-state index contributed by atoms with van der Waals surface area (Å²) >= 11 is 6.71. The molecule has 9 heteroatoms. The average Bonchev–Trinajstić information content (AvgIpc) is 3.59. The molecule has 0 unspecified atom stereocenters. The Balaban J connectivity index is 1.40. The minimum atomic E-state index is -0.270. The number of pyridine rings is 2. The Hall–Kier alpha value is -3.23. The first kappa shape index (κ1) is 23.2. The molecule has 0 spiro atoms. The van der Waals surface area contributed by atoms with Crippen LogP contribution in [0.2, 0.25) is 5.02 Å². The molecule has 2 fully saturated rings. The minimum Gasteiger partial charge on any atom is -0.496 e. The molecule has 7 nitrogen and oxygen atoms in total. The Kier molecular flexibility index (Phi) is 6.23. The lowest BCUT2D eigenvalue weighted by Crippen LogP contribution is -2.29. The Morgan fingerprint density at radius 3 is 2.81 bits per heavy atom. The van der Waals surface area contributed by atoms with Crippen molar-refractivity contribution in [1.29, 1.82) is 0 Å². The highest BCUT2D eigenvalue weighted by molar-refractivity contribution is 6.34. The average molecular weight is 507 g/mol. The van der Waals surface area contributed by atoms with Crippen molar-refractivity contribution in [3.05, 3.63) is 65.3 Å². The minimum absolute atomic E-state index is 0.0288. The maximum Gasteiger partial charge on any atom is 0.129 e. The number of hydrogen-bond acceptors (Lipinski definition) is 6. The zero-order valence-electron chi connectivity index (χ0n) is 20.1. The first-order chi connectivity index (χ1) is 17.6. The molecule has 0 saturated carbocycles. The summed E-state index contributed by atoms with van der Waals surface area (Å²) in [4.78, 5) is 11.8. The van der Waals surface area contributed by atoms with Crippen LogP contribution in [-0.4, -0.2) is 46.5 Å². The number of ether oxygens (including phenoxy) is 1. The van der Waals surface area contributed by atoms with Crippen LogP contribution in [0.3, 0.4) is 0 Å². The Bertz CT molecular complexity index is 1400. The van der Waals surface area contributed by atoms with E-state index in [0.29, 0.717) is 16.8 Å². The van der Waals surface area contributed by atoms with Crippen molar-refractivity contribution in [2.75, 3.05) is 31.6 Å². The molecule has 186 valence electrons. The van der Waals surface area contributed by atoms with Gasteiger partial charge in [0.05, 0.1) is 35.9 Å². The smallest absolute Gasteiger partial charge is 0.129 e. The molecule has 0 aliphatic carbocycles.